The number of aromatic amines is 1. The van der Waals surface area contributed by atoms with E-state index in [-0.39, 0.29) is 24.0 Å². The van der Waals surface area contributed by atoms with Crippen molar-refractivity contribution in [2.45, 2.75) is 6.61 Å². The van der Waals surface area contributed by atoms with Crippen LogP contribution in [0.4, 0.5) is 14.5 Å². The monoisotopic (exact) mass is 403 g/mol. The van der Waals surface area contributed by atoms with Crippen LogP contribution in [-0.4, -0.2) is 36.6 Å². The summed E-state index contributed by atoms with van der Waals surface area (Å²) < 4.78 is 44.8. The standard InChI is InChI=1S/C19H15F2N3O5/c1-26-16-7-11(3-5-15(16)29-19(20)21)22-18(25)13-8-12(23-24-13)10-2-4-14-17(6-10)28-9-27-14/h2-8,19H,9H2,1H3,(H,22,25)(H,23,24). The molecule has 0 saturated heterocycles. The van der Waals surface area contributed by atoms with E-state index >= 15 is 0 Å². The number of H-pyrrole nitrogens is 1. The van der Waals surface area contributed by atoms with Gasteiger partial charge in [0.05, 0.1) is 12.8 Å². The average molecular weight is 403 g/mol. The number of halogens is 2. The number of hydrogen-bond donors (Lipinski definition) is 2. The molecule has 1 amide bonds. The number of nitrogens with zero attached hydrogens (tertiary/aromatic N) is 1. The molecule has 0 saturated carbocycles. The Morgan fingerprint density at radius 3 is 2.76 bits per heavy atom. The zero-order valence-corrected chi connectivity index (χ0v) is 15.1. The number of carbonyl (C=O) groups is 1. The number of anilines is 1. The highest BCUT2D eigenvalue weighted by Gasteiger charge is 2.17. The third-order valence-electron chi connectivity index (χ3n) is 4.13. The van der Waals surface area contributed by atoms with Crippen molar-refractivity contribution >= 4 is 11.6 Å². The minimum atomic E-state index is -2.98. The van der Waals surface area contributed by atoms with Gasteiger partial charge in [0.25, 0.3) is 5.91 Å². The van der Waals surface area contributed by atoms with Crippen molar-refractivity contribution in [2.75, 3.05) is 19.2 Å². The van der Waals surface area contributed by atoms with Crippen LogP contribution >= 0.6 is 0 Å². The lowest BCUT2D eigenvalue weighted by molar-refractivity contribution is -0.0512. The molecule has 150 valence electrons. The highest BCUT2D eigenvalue weighted by atomic mass is 19.3. The first-order valence-electron chi connectivity index (χ1n) is 8.43. The molecule has 0 bridgehead atoms. The van der Waals surface area contributed by atoms with Crippen LogP contribution in [0.5, 0.6) is 23.0 Å². The third kappa shape index (κ3) is 3.91. The van der Waals surface area contributed by atoms with E-state index in [0.717, 1.165) is 5.56 Å². The molecule has 2 aromatic carbocycles. The van der Waals surface area contributed by atoms with Crippen LogP contribution in [0, 0.1) is 0 Å². The lowest BCUT2D eigenvalue weighted by atomic mass is 10.1. The van der Waals surface area contributed by atoms with E-state index in [9.17, 15) is 13.6 Å². The molecular weight excluding hydrogens is 388 g/mol. The zero-order valence-electron chi connectivity index (χ0n) is 15.1. The first kappa shape index (κ1) is 18.5. The Kier molecular flexibility index (Phi) is 4.90. The second-order valence-corrected chi connectivity index (χ2v) is 5.93. The number of ether oxygens (including phenoxy) is 4. The number of rotatable bonds is 6. The maximum absolute atomic E-state index is 12.5. The van der Waals surface area contributed by atoms with E-state index in [2.05, 4.69) is 20.3 Å². The number of aromatic nitrogens is 2. The van der Waals surface area contributed by atoms with E-state index in [1.165, 1.54) is 25.3 Å². The Balaban J connectivity index is 1.49. The zero-order chi connectivity index (χ0) is 20.4. The molecule has 4 rings (SSSR count). The molecule has 1 aromatic heterocycles. The van der Waals surface area contributed by atoms with Gasteiger partial charge in [-0.25, -0.2) is 0 Å². The molecule has 3 aromatic rings. The Bertz CT molecular complexity index is 1050. The first-order chi connectivity index (χ1) is 14.0. The molecule has 2 N–H and O–H groups in total. The van der Waals surface area contributed by atoms with Crippen LogP contribution in [0.3, 0.4) is 0 Å². The van der Waals surface area contributed by atoms with Crippen LogP contribution in [-0.2, 0) is 0 Å². The summed E-state index contributed by atoms with van der Waals surface area (Å²) in [6.45, 7) is -2.82. The minimum absolute atomic E-state index is 0.0637. The van der Waals surface area contributed by atoms with Crippen LogP contribution in [0.25, 0.3) is 11.3 Å². The van der Waals surface area contributed by atoms with Crippen molar-refractivity contribution in [3.63, 3.8) is 0 Å². The van der Waals surface area contributed by atoms with Crippen molar-refractivity contribution in [1.29, 1.82) is 0 Å². The van der Waals surface area contributed by atoms with E-state index in [1.54, 1.807) is 24.3 Å². The van der Waals surface area contributed by atoms with Gasteiger partial charge in [-0.1, -0.05) is 0 Å². The van der Waals surface area contributed by atoms with Gasteiger partial charge >= 0.3 is 6.61 Å². The van der Waals surface area contributed by atoms with E-state index in [0.29, 0.717) is 22.9 Å². The second-order valence-electron chi connectivity index (χ2n) is 5.93. The highest BCUT2D eigenvalue weighted by molar-refractivity contribution is 6.03. The lowest BCUT2D eigenvalue weighted by Crippen LogP contribution is -2.12. The third-order valence-corrected chi connectivity index (χ3v) is 4.13. The summed E-state index contributed by atoms with van der Waals surface area (Å²) in [5.74, 6) is 0.722. The molecule has 0 spiro atoms. The topological polar surface area (TPSA) is 94.7 Å². The molecule has 0 aliphatic carbocycles. The largest absolute Gasteiger partial charge is 0.493 e. The minimum Gasteiger partial charge on any atom is -0.493 e. The van der Waals surface area contributed by atoms with Gasteiger partial charge in [0.1, 0.15) is 5.69 Å². The van der Waals surface area contributed by atoms with Crippen molar-refractivity contribution < 1.29 is 32.5 Å². The fourth-order valence-corrected chi connectivity index (χ4v) is 2.78. The van der Waals surface area contributed by atoms with E-state index in [1.807, 2.05) is 0 Å². The van der Waals surface area contributed by atoms with Crippen molar-refractivity contribution in [3.8, 4) is 34.3 Å². The summed E-state index contributed by atoms with van der Waals surface area (Å²) in [5, 5.41) is 9.46. The number of nitrogens with one attached hydrogen (secondary N) is 2. The molecule has 8 nitrogen and oxygen atoms in total. The Morgan fingerprint density at radius 1 is 1.14 bits per heavy atom. The Morgan fingerprint density at radius 2 is 1.97 bits per heavy atom. The smallest absolute Gasteiger partial charge is 0.387 e. The summed E-state index contributed by atoms with van der Waals surface area (Å²) in [7, 11) is 1.31. The maximum Gasteiger partial charge on any atom is 0.387 e. The fraction of sp³-hybridized carbons (Fsp3) is 0.158. The molecule has 10 heteroatoms. The van der Waals surface area contributed by atoms with Crippen LogP contribution in [0.15, 0.2) is 42.5 Å². The molecule has 2 heterocycles. The molecule has 29 heavy (non-hydrogen) atoms. The van der Waals surface area contributed by atoms with E-state index < -0.39 is 12.5 Å². The molecule has 0 fully saturated rings. The van der Waals surface area contributed by atoms with Crippen LogP contribution < -0.4 is 24.3 Å². The van der Waals surface area contributed by atoms with Gasteiger partial charge < -0.3 is 24.3 Å². The number of amides is 1. The predicted octanol–water partition coefficient (Wildman–Crippen LogP) is 3.67. The quantitative estimate of drug-likeness (QED) is 0.652. The lowest BCUT2D eigenvalue weighted by Gasteiger charge is -2.11. The van der Waals surface area contributed by atoms with Crippen molar-refractivity contribution in [1.82, 2.24) is 10.2 Å². The van der Waals surface area contributed by atoms with Crippen LogP contribution in [0.2, 0.25) is 0 Å². The number of benzene rings is 2. The van der Waals surface area contributed by atoms with Gasteiger partial charge in [-0.05, 0) is 36.4 Å². The van der Waals surface area contributed by atoms with Gasteiger partial charge in [-0.2, -0.15) is 13.9 Å². The average Bonchev–Trinajstić information content (AvgIpc) is 3.37. The summed E-state index contributed by atoms with van der Waals surface area (Å²) in [5.41, 5.74) is 1.85. The number of hydrogen-bond acceptors (Lipinski definition) is 6. The van der Waals surface area contributed by atoms with Gasteiger partial charge in [0.2, 0.25) is 6.79 Å². The highest BCUT2D eigenvalue weighted by Crippen LogP contribution is 2.35. The van der Waals surface area contributed by atoms with Gasteiger partial charge in [0.15, 0.2) is 23.0 Å². The van der Waals surface area contributed by atoms with Crippen LogP contribution in [0.1, 0.15) is 10.5 Å². The summed E-state index contributed by atoms with van der Waals surface area (Å²) in [4.78, 5) is 12.5. The number of alkyl halides is 2. The normalized spacial score (nSPS) is 12.1. The molecule has 1 aliphatic rings. The van der Waals surface area contributed by atoms with Gasteiger partial charge in [0, 0.05) is 17.3 Å². The first-order valence-corrected chi connectivity index (χ1v) is 8.43. The predicted molar refractivity (Wildman–Crippen MR) is 97.7 cm³/mol. The second kappa shape index (κ2) is 7.66. The fourth-order valence-electron chi connectivity index (χ4n) is 2.78. The van der Waals surface area contributed by atoms with Gasteiger partial charge in [-0.15, -0.1) is 0 Å². The maximum atomic E-state index is 12.5. The van der Waals surface area contributed by atoms with Crippen molar-refractivity contribution in [3.05, 3.63) is 48.2 Å². The molecule has 0 radical (unpaired) electrons. The SMILES string of the molecule is COc1cc(NC(=O)c2cc(-c3ccc4c(c3)OCO4)n[nH]2)ccc1OC(F)F. The molecular formula is C19H15F2N3O5. The summed E-state index contributed by atoms with van der Waals surface area (Å²) in [6.07, 6.45) is 0. The molecule has 1 aliphatic heterocycles. The summed E-state index contributed by atoms with van der Waals surface area (Å²) in [6, 6.07) is 11.0. The Hall–Kier alpha value is -3.82. The van der Waals surface area contributed by atoms with E-state index in [4.69, 9.17) is 14.2 Å². The van der Waals surface area contributed by atoms with Crippen molar-refractivity contribution in [2.24, 2.45) is 0 Å². The van der Waals surface area contributed by atoms with Gasteiger partial charge in [-0.3, -0.25) is 9.89 Å². The number of carbonyl (C=O) groups excluding carboxylic acids is 1. The molecule has 0 unspecified atom stereocenters. The number of methoxy groups -OCH3 is 1. The Labute approximate surface area is 163 Å². The summed E-state index contributed by atoms with van der Waals surface area (Å²) >= 11 is 0. The molecule has 0 atom stereocenters. The number of fused-ring (bicyclic) bond motifs is 1.